The Morgan fingerprint density at radius 1 is 1.32 bits per heavy atom. The minimum atomic E-state index is -0.282. The van der Waals surface area contributed by atoms with Crippen molar-refractivity contribution < 1.29 is 14.6 Å². The first-order valence-corrected chi connectivity index (χ1v) is 6.78. The van der Waals surface area contributed by atoms with Gasteiger partial charge < -0.3 is 19.6 Å². The normalized spacial score (nSPS) is 10.6. The molecule has 0 aliphatic rings. The molecule has 0 aliphatic heterocycles. The summed E-state index contributed by atoms with van der Waals surface area (Å²) in [5.41, 5.74) is 2.16. The van der Waals surface area contributed by atoms with Crippen LogP contribution in [0, 0.1) is 6.92 Å². The second-order valence-corrected chi connectivity index (χ2v) is 4.87. The number of fused-ring (bicyclic) bond motifs is 1. The van der Waals surface area contributed by atoms with E-state index in [-0.39, 0.29) is 18.3 Å². The highest BCUT2D eigenvalue weighted by Crippen LogP contribution is 2.19. The quantitative estimate of drug-likeness (QED) is 0.725. The lowest BCUT2D eigenvalue weighted by molar-refractivity contribution is -0.118. The molecule has 0 spiro atoms. The standard InChI is InChI=1S/C16H15N3O3/c1-11-9-19-8-2-3-14(16(19)17-11)22-10-15(21)18-12-4-6-13(20)7-5-12/h2-9,20H,10H2,1H3,(H,18,21). The van der Waals surface area contributed by atoms with Gasteiger partial charge in [0.15, 0.2) is 18.0 Å². The predicted molar refractivity (Wildman–Crippen MR) is 82.2 cm³/mol. The average Bonchev–Trinajstić information content (AvgIpc) is 2.88. The molecular weight excluding hydrogens is 282 g/mol. The number of nitrogens with one attached hydrogen (secondary N) is 1. The zero-order valence-electron chi connectivity index (χ0n) is 12.0. The molecule has 0 aliphatic carbocycles. The molecule has 1 aromatic carbocycles. The van der Waals surface area contributed by atoms with Crippen molar-refractivity contribution >= 4 is 17.2 Å². The van der Waals surface area contributed by atoms with Gasteiger partial charge in [-0.3, -0.25) is 4.79 Å². The number of carbonyl (C=O) groups excluding carboxylic acids is 1. The van der Waals surface area contributed by atoms with Crippen molar-refractivity contribution in [3.63, 3.8) is 0 Å². The van der Waals surface area contributed by atoms with Crippen molar-refractivity contribution in [1.29, 1.82) is 0 Å². The summed E-state index contributed by atoms with van der Waals surface area (Å²) in [6, 6.07) is 9.85. The fraction of sp³-hybridized carbons (Fsp3) is 0.125. The van der Waals surface area contributed by atoms with Gasteiger partial charge in [-0.2, -0.15) is 0 Å². The second kappa shape index (κ2) is 5.77. The van der Waals surface area contributed by atoms with Crippen LogP contribution in [0.1, 0.15) is 5.69 Å². The van der Waals surface area contributed by atoms with Crippen LogP contribution >= 0.6 is 0 Å². The molecule has 1 amide bonds. The van der Waals surface area contributed by atoms with Gasteiger partial charge in [0, 0.05) is 18.1 Å². The lowest BCUT2D eigenvalue weighted by Gasteiger charge is -2.08. The predicted octanol–water partition coefficient (Wildman–Crippen LogP) is 2.37. The number of hydrogen-bond donors (Lipinski definition) is 2. The zero-order chi connectivity index (χ0) is 15.5. The van der Waals surface area contributed by atoms with E-state index in [0.717, 1.165) is 5.69 Å². The van der Waals surface area contributed by atoms with Crippen molar-refractivity contribution in [1.82, 2.24) is 9.38 Å². The minimum absolute atomic E-state index is 0.119. The first kappa shape index (κ1) is 13.9. The Bertz CT molecular complexity index is 809. The van der Waals surface area contributed by atoms with E-state index in [2.05, 4.69) is 10.3 Å². The van der Waals surface area contributed by atoms with Crippen LogP contribution in [0.5, 0.6) is 11.5 Å². The summed E-state index contributed by atoms with van der Waals surface area (Å²) < 4.78 is 7.40. The molecule has 2 heterocycles. The summed E-state index contributed by atoms with van der Waals surface area (Å²) in [5.74, 6) is 0.419. The van der Waals surface area contributed by atoms with Gasteiger partial charge >= 0.3 is 0 Å². The first-order chi connectivity index (χ1) is 10.6. The molecule has 0 atom stereocenters. The van der Waals surface area contributed by atoms with Gasteiger partial charge in [0.25, 0.3) is 5.91 Å². The summed E-state index contributed by atoms with van der Waals surface area (Å²) in [6.45, 7) is 1.78. The number of ether oxygens (including phenoxy) is 1. The molecule has 112 valence electrons. The van der Waals surface area contributed by atoms with Crippen LogP contribution in [0.15, 0.2) is 48.8 Å². The molecule has 2 N–H and O–H groups in total. The molecule has 3 aromatic rings. The summed E-state index contributed by atoms with van der Waals surface area (Å²) in [7, 11) is 0. The number of rotatable bonds is 4. The molecule has 0 radical (unpaired) electrons. The van der Waals surface area contributed by atoms with Gasteiger partial charge in [-0.05, 0) is 43.3 Å². The van der Waals surface area contributed by atoms with Crippen LogP contribution in [0.25, 0.3) is 5.65 Å². The van der Waals surface area contributed by atoms with Crippen LogP contribution < -0.4 is 10.1 Å². The number of benzene rings is 1. The highest BCUT2D eigenvalue weighted by molar-refractivity contribution is 5.92. The Kier molecular flexibility index (Phi) is 3.65. The number of pyridine rings is 1. The maximum absolute atomic E-state index is 11.9. The van der Waals surface area contributed by atoms with Crippen molar-refractivity contribution in [2.45, 2.75) is 6.92 Å². The average molecular weight is 297 g/mol. The molecule has 0 fully saturated rings. The van der Waals surface area contributed by atoms with Crippen LogP contribution in [0.4, 0.5) is 5.69 Å². The van der Waals surface area contributed by atoms with Crippen molar-refractivity contribution in [3.8, 4) is 11.5 Å². The Hall–Kier alpha value is -3.02. The van der Waals surface area contributed by atoms with E-state index in [4.69, 9.17) is 4.74 Å². The van der Waals surface area contributed by atoms with Gasteiger partial charge in [-0.1, -0.05) is 0 Å². The molecule has 0 saturated heterocycles. The third-order valence-electron chi connectivity index (χ3n) is 3.08. The number of nitrogens with zero attached hydrogens (tertiary/aromatic N) is 2. The Morgan fingerprint density at radius 3 is 2.86 bits per heavy atom. The molecule has 0 unspecified atom stereocenters. The van der Waals surface area contributed by atoms with Crippen LogP contribution in [-0.4, -0.2) is 27.0 Å². The summed E-state index contributed by atoms with van der Waals surface area (Å²) in [6.07, 6.45) is 3.76. The number of amides is 1. The summed E-state index contributed by atoms with van der Waals surface area (Å²) >= 11 is 0. The fourth-order valence-electron chi connectivity index (χ4n) is 2.11. The monoisotopic (exact) mass is 297 g/mol. The number of aryl methyl sites for hydroxylation is 1. The third-order valence-corrected chi connectivity index (χ3v) is 3.08. The molecular formula is C16H15N3O3. The van der Waals surface area contributed by atoms with Gasteiger partial charge in [0.05, 0.1) is 5.69 Å². The Morgan fingerprint density at radius 2 is 2.09 bits per heavy atom. The lowest BCUT2D eigenvalue weighted by atomic mass is 10.3. The van der Waals surface area contributed by atoms with Crippen LogP contribution in [-0.2, 0) is 4.79 Å². The van der Waals surface area contributed by atoms with E-state index in [1.165, 1.54) is 12.1 Å². The van der Waals surface area contributed by atoms with Crippen LogP contribution in [0.2, 0.25) is 0 Å². The highest BCUT2D eigenvalue weighted by atomic mass is 16.5. The van der Waals surface area contributed by atoms with Gasteiger partial charge in [0.1, 0.15) is 5.75 Å². The zero-order valence-corrected chi connectivity index (χ0v) is 12.0. The number of aromatic hydroxyl groups is 1. The fourth-order valence-corrected chi connectivity index (χ4v) is 2.11. The molecule has 6 nitrogen and oxygen atoms in total. The summed E-state index contributed by atoms with van der Waals surface area (Å²) in [4.78, 5) is 16.2. The molecule has 22 heavy (non-hydrogen) atoms. The molecule has 6 heteroatoms. The number of phenols is 1. The van der Waals surface area contributed by atoms with Crippen molar-refractivity contribution in [2.75, 3.05) is 11.9 Å². The van der Waals surface area contributed by atoms with Crippen LogP contribution in [0.3, 0.4) is 0 Å². The number of aromatic nitrogens is 2. The molecule has 3 rings (SSSR count). The maximum atomic E-state index is 11.9. The maximum Gasteiger partial charge on any atom is 0.262 e. The molecule has 0 saturated carbocycles. The SMILES string of the molecule is Cc1cn2cccc(OCC(=O)Nc3ccc(O)cc3)c2n1. The first-order valence-electron chi connectivity index (χ1n) is 6.78. The van der Waals surface area contributed by atoms with Crippen molar-refractivity contribution in [3.05, 3.63) is 54.5 Å². The van der Waals surface area contributed by atoms with E-state index in [0.29, 0.717) is 17.1 Å². The smallest absolute Gasteiger partial charge is 0.262 e. The number of anilines is 1. The van der Waals surface area contributed by atoms with Gasteiger partial charge in [0.2, 0.25) is 0 Å². The largest absolute Gasteiger partial charge is 0.508 e. The van der Waals surface area contributed by atoms with Gasteiger partial charge in [-0.15, -0.1) is 0 Å². The minimum Gasteiger partial charge on any atom is -0.508 e. The topological polar surface area (TPSA) is 75.9 Å². The van der Waals surface area contributed by atoms with E-state index in [1.807, 2.05) is 29.8 Å². The van der Waals surface area contributed by atoms with E-state index in [9.17, 15) is 9.90 Å². The lowest BCUT2D eigenvalue weighted by Crippen LogP contribution is -2.20. The highest BCUT2D eigenvalue weighted by Gasteiger charge is 2.08. The third kappa shape index (κ3) is 3.01. The Balaban J connectivity index is 1.66. The van der Waals surface area contributed by atoms with E-state index < -0.39 is 0 Å². The molecule has 2 aromatic heterocycles. The second-order valence-electron chi connectivity index (χ2n) is 4.87. The van der Waals surface area contributed by atoms with Crippen molar-refractivity contribution in [2.24, 2.45) is 0 Å². The Labute approximate surface area is 127 Å². The number of imidazole rings is 1. The number of carbonyl (C=O) groups is 1. The van der Waals surface area contributed by atoms with E-state index in [1.54, 1.807) is 18.2 Å². The van der Waals surface area contributed by atoms with Gasteiger partial charge in [-0.25, -0.2) is 4.98 Å². The molecule has 0 bridgehead atoms. The number of hydrogen-bond acceptors (Lipinski definition) is 4. The number of phenolic OH excluding ortho intramolecular Hbond substituents is 1. The van der Waals surface area contributed by atoms with E-state index >= 15 is 0 Å². The summed E-state index contributed by atoms with van der Waals surface area (Å²) in [5, 5.41) is 11.9.